The van der Waals surface area contributed by atoms with E-state index in [9.17, 15) is 9.59 Å². The van der Waals surface area contributed by atoms with Crippen molar-refractivity contribution < 1.29 is 9.59 Å². The van der Waals surface area contributed by atoms with Crippen LogP contribution in [0, 0.1) is 11.3 Å². The van der Waals surface area contributed by atoms with E-state index in [0.29, 0.717) is 11.8 Å². The lowest BCUT2D eigenvalue weighted by Gasteiger charge is -2.06. The van der Waals surface area contributed by atoms with Crippen molar-refractivity contribution in [1.29, 1.82) is 5.26 Å². The van der Waals surface area contributed by atoms with Gasteiger partial charge in [0.1, 0.15) is 0 Å². The second kappa shape index (κ2) is 4.52. The van der Waals surface area contributed by atoms with Crippen LogP contribution in [0.15, 0.2) is 12.1 Å². The Morgan fingerprint density at radius 3 is 2.60 bits per heavy atom. The summed E-state index contributed by atoms with van der Waals surface area (Å²) >= 11 is 0. The Kier molecular flexibility index (Phi) is 3.35. The molecule has 1 aromatic carbocycles. The molecular formula is C12H11NO2. The molecule has 0 N–H and O–H groups in total. The first-order valence-corrected chi connectivity index (χ1v) is 4.67. The molecule has 0 unspecified atom stereocenters. The van der Waals surface area contributed by atoms with E-state index in [0.717, 1.165) is 12.0 Å². The van der Waals surface area contributed by atoms with Crippen LogP contribution in [-0.4, -0.2) is 12.1 Å². The molecule has 0 saturated carbocycles. The predicted molar refractivity (Wildman–Crippen MR) is 55.9 cm³/mol. The summed E-state index contributed by atoms with van der Waals surface area (Å²) in [4.78, 5) is 22.1. The first-order chi connectivity index (χ1) is 7.13. The van der Waals surface area contributed by atoms with Crippen molar-refractivity contribution in [1.82, 2.24) is 0 Å². The number of hydrogen-bond donors (Lipinski definition) is 0. The number of rotatable bonds is 3. The topological polar surface area (TPSA) is 57.9 Å². The van der Waals surface area contributed by atoms with Gasteiger partial charge in [-0.15, -0.1) is 0 Å². The monoisotopic (exact) mass is 201 g/mol. The predicted octanol–water partition coefficient (Wildman–Crippen LogP) is 2.14. The lowest BCUT2D eigenvalue weighted by Crippen LogP contribution is -2.04. The van der Waals surface area contributed by atoms with E-state index in [1.54, 1.807) is 12.1 Å². The van der Waals surface area contributed by atoms with Crippen LogP contribution in [0.1, 0.15) is 45.7 Å². The second-order valence-corrected chi connectivity index (χ2v) is 3.25. The van der Waals surface area contributed by atoms with Gasteiger partial charge in [0.15, 0.2) is 12.1 Å². The molecule has 3 heteroatoms. The molecule has 0 aliphatic heterocycles. The SMILES string of the molecule is CCc1cc(C#N)c(C(C)=O)c(C=O)c1. The molecule has 1 rings (SSSR count). The number of hydrogen-bond acceptors (Lipinski definition) is 3. The van der Waals surface area contributed by atoms with Crippen LogP contribution in [0.4, 0.5) is 0 Å². The molecular weight excluding hydrogens is 190 g/mol. The van der Waals surface area contributed by atoms with E-state index in [2.05, 4.69) is 0 Å². The van der Waals surface area contributed by atoms with E-state index in [-0.39, 0.29) is 16.9 Å². The van der Waals surface area contributed by atoms with Gasteiger partial charge in [-0.3, -0.25) is 9.59 Å². The fraction of sp³-hybridized carbons (Fsp3) is 0.250. The summed E-state index contributed by atoms with van der Waals surface area (Å²) < 4.78 is 0. The second-order valence-electron chi connectivity index (χ2n) is 3.25. The molecule has 0 heterocycles. The largest absolute Gasteiger partial charge is 0.298 e. The van der Waals surface area contributed by atoms with E-state index in [1.165, 1.54) is 6.92 Å². The third kappa shape index (κ3) is 2.10. The Morgan fingerprint density at radius 2 is 2.20 bits per heavy atom. The van der Waals surface area contributed by atoms with Crippen molar-refractivity contribution in [2.75, 3.05) is 0 Å². The lowest BCUT2D eigenvalue weighted by atomic mass is 9.95. The molecule has 76 valence electrons. The average molecular weight is 201 g/mol. The van der Waals surface area contributed by atoms with Crippen molar-refractivity contribution in [3.63, 3.8) is 0 Å². The van der Waals surface area contributed by atoms with E-state index >= 15 is 0 Å². The van der Waals surface area contributed by atoms with Gasteiger partial charge in [-0.1, -0.05) is 6.92 Å². The summed E-state index contributed by atoms with van der Waals surface area (Å²) in [5, 5.41) is 8.89. The van der Waals surface area contributed by atoms with Crippen molar-refractivity contribution in [3.8, 4) is 6.07 Å². The highest BCUT2D eigenvalue weighted by atomic mass is 16.1. The molecule has 0 aliphatic carbocycles. The van der Waals surface area contributed by atoms with Crippen LogP contribution in [-0.2, 0) is 6.42 Å². The van der Waals surface area contributed by atoms with Gasteiger partial charge in [0.25, 0.3) is 0 Å². The van der Waals surface area contributed by atoms with Gasteiger partial charge in [0.2, 0.25) is 0 Å². The molecule has 0 spiro atoms. The van der Waals surface area contributed by atoms with Gasteiger partial charge in [0, 0.05) is 11.1 Å². The minimum absolute atomic E-state index is 0.227. The Morgan fingerprint density at radius 1 is 1.53 bits per heavy atom. The Balaban J connectivity index is 3.55. The standard InChI is InChI=1S/C12H11NO2/c1-3-9-4-10(6-13)12(8(2)15)11(5-9)7-14/h4-5,7H,3H2,1-2H3. The van der Waals surface area contributed by atoms with Gasteiger partial charge in [-0.25, -0.2) is 0 Å². The molecule has 0 aliphatic rings. The molecule has 0 aromatic heterocycles. The van der Waals surface area contributed by atoms with Gasteiger partial charge in [-0.05, 0) is 31.0 Å². The molecule has 3 nitrogen and oxygen atoms in total. The van der Waals surface area contributed by atoms with Gasteiger partial charge < -0.3 is 0 Å². The number of nitriles is 1. The highest BCUT2D eigenvalue weighted by Crippen LogP contribution is 2.17. The summed E-state index contributed by atoms with van der Waals surface area (Å²) in [6.07, 6.45) is 1.35. The maximum absolute atomic E-state index is 11.3. The summed E-state index contributed by atoms with van der Waals surface area (Å²) in [6.45, 7) is 3.29. The zero-order valence-corrected chi connectivity index (χ0v) is 8.70. The number of aldehydes is 1. The summed E-state index contributed by atoms with van der Waals surface area (Å²) in [7, 11) is 0. The zero-order chi connectivity index (χ0) is 11.4. The van der Waals surface area contributed by atoms with Crippen LogP contribution in [0.5, 0.6) is 0 Å². The van der Waals surface area contributed by atoms with E-state index in [1.807, 2.05) is 13.0 Å². The molecule has 1 aromatic rings. The molecule has 0 radical (unpaired) electrons. The van der Waals surface area contributed by atoms with Crippen molar-refractivity contribution >= 4 is 12.1 Å². The third-order valence-electron chi connectivity index (χ3n) is 2.24. The van der Waals surface area contributed by atoms with Crippen LogP contribution >= 0.6 is 0 Å². The van der Waals surface area contributed by atoms with Crippen LogP contribution in [0.3, 0.4) is 0 Å². The minimum atomic E-state index is -0.253. The van der Waals surface area contributed by atoms with Crippen LogP contribution < -0.4 is 0 Å². The fourth-order valence-electron chi connectivity index (χ4n) is 1.50. The molecule has 0 bridgehead atoms. The third-order valence-corrected chi connectivity index (χ3v) is 2.24. The van der Waals surface area contributed by atoms with Crippen molar-refractivity contribution in [2.24, 2.45) is 0 Å². The first kappa shape index (κ1) is 11.1. The molecule has 0 fully saturated rings. The zero-order valence-electron chi connectivity index (χ0n) is 8.70. The van der Waals surface area contributed by atoms with Crippen molar-refractivity contribution in [3.05, 3.63) is 34.4 Å². The quantitative estimate of drug-likeness (QED) is 0.556. The van der Waals surface area contributed by atoms with Gasteiger partial charge in [-0.2, -0.15) is 5.26 Å². The summed E-state index contributed by atoms with van der Waals surface area (Å²) in [5.74, 6) is -0.253. The van der Waals surface area contributed by atoms with Crippen LogP contribution in [0.25, 0.3) is 0 Å². The maximum Gasteiger partial charge on any atom is 0.161 e. The smallest absolute Gasteiger partial charge is 0.161 e. The highest BCUT2D eigenvalue weighted by Gasteiger charge is 2.13. The number of carbonyl (C=O) groups excluding carboxylic acids is 2. The normalized spacial score (nSPS) is 9.40. The van der Waals surface area contributed by atoms with Gasteiger partial charge in [0.05, 0.1) is 11.6 Å². The Labute approximate surface area is 88.3 Å². The average Bonchev–Trinajstić information content (AvgIpc) is 2.26. The number of nitrogens with zero attached hydrogens (tertiary/aromatic N) is 1. The first-order valence-electron chi connectivity index (χ1n) is 4.67. The number of carbonyl (C=O) groups is 2. The fourth-order valence-corrected chi connectivity index (χ4v) is 1.50. The summed E-state index contributed by atoms with van der Waals surface area (Å²) in [5.41, 5.74) is 1.70. The lowest BCUT2D eigenvalue weighted by molar-refractivity contribution is 0.100. The van der Waals surface area contributed by atoms with E-state index < -0.39 is 0 Å². The Hall–Kier alpha value is -1.95. The van der Waals surface area contributed by atoms with Crippen molar-refractivity contribution in [2.45, 2.75) is 20.3 Å². The minimum Gasteiger partial charge on any atom is -0.298 e. The highest BCUT2D eigenvalue weighted by molar-refractivity contribution is 6.03. The van der Waals surface area contributed by atoms with Crippen LogP contribution in [0.2, 0.25) is 0 Å². The number of benzene rings is 1. The Bertz CT molecular complexity index is 455. The molecule has 0 saturated heterocycles. The summed E-state index contributed by atoms with van der Waals surface area (Å²) in [6, 6.07) is 5.26. The number of ketones is 1. The van der Waals surface area contributed by atoms with Gasteiger partial charge >= 0.3 is 0 Å². The number of aryl methyl sites for hydroxylation is 1. The molecule has 0 amide bonds. The van der Waals surface area contributed by atoms with E-state index in [4.69, 9.17) is 5.26 Å². The molecule has 15 heavy (non-hydrogen) atoms. The number of Topliss-reactive ketones (excluding diaryl/α,β-unsaturated/α-hetero) is 1. The molecule has 0 atom stereocenters. The maximum atomic E-state index is 11.3.